The lowest BCUT2D eigenvalue weighted by Crippen LogP contribution is -2.38. The summed E-state index contributed by atoms with van der Waals surface area (Å²) in [5.41, 5.74) is 6.22. The van der Waals surface area contributed by atoms with E-state index in [4.69, 9.17) is 20.7 Å². The fraction of sp³-hybridized carbons (Fsp3) is 0.538. The van der Waals surface area contributed by atoms with Gasteiger partial charge in [-0.3, -0.25) is 4.90 Å². The Morgan fingerprint density at radius 3 is 2.47 bits per heavy atom. The number of aliphatic hydroxyl groups is 3. The maximum absolute atomic E-state index is 9.84. The largest absolute Gasteiger partial charge is 0.491 e. The van der Waals surface area contributed by atoms with Crippen molar-refractivity contribution in [1.82, 2.24) is 4.90 Å². The zero-order valence-electron chi connectivity index (χ0n) is 10.9. The summed E-state index contributed by atoms with van der Waals surface area (Å²) in [6, 6.07) is 6.99. The Bertz CT molecular complexity index is 356. The molecule has 0 aliphatic carbocycles. The number of benzene rings is 1. The highest BCUT2D eigenvalue weighted by molar-refractivity contribution is 5.43. The van der Waals surface area contributed by atoms with Gasteiger partial charge in [-0.05, 0) is 12.1 Å². The minimum absolute atomic E-state index is 0.0111. The van der Waals surface area contributed by atoms with Gasteiger partial charge >= 0.3 is 0 Å². The summed E-state index contributed by atoms with van der Waals surface area (Å²) in [6.07, 6.45) is -0.695. The molecule has 0 fully saturated rings. The van der Waals surface area contributed by atoms with Gasteiger partial charge in [-0.25, -0.2) is 0 Å². The van der Waals surface area contributed by atoms with Crippen LogP contribution in [0.25, 0.3) is 0 Å². The van der Waals surface area contributed by atoms with E-state index in [1.807, 2.05) is 0 Å². The average molecular weight is 270 g/mol. The Hall–Kier alpha value is -1.34. The van der Waals surface area contributed by atoms with E-state index in [1.54, 1.807) is 29.2 Å². The maximum atomic E-state index is 9.84. The van der Waals surface area contributed by atoms with Crippen LogP contribution in [0.15, 0.2) is 24.3 Å². The highest BCUT2D eigenvalue weighted by Crippen LogP contribution is 2.14. The van der Waals surface area contributed by atoms with Crippen LogP contribution in [-0.4, -0.2) is 65.8 Å². The van der Waals surface area contributed by atoms with E-state index >= 15 is 0 Å². The van der Waals surface area contributed by atoms with Gasteiger partial charge in [0.1, 0.15) is 18.5 Å². The van der Waals surface area contributed by atoms with Crippen LogP contribution in [0.3, 0.4) is 0 Å². The predicted octanol–water partition coefficient (Wildman–Crippen LogP) is -0.705. The van der Waals surface area contributed by atoms with Crippen LogP contribution in [0.4, 0.5) is 5.69 Å². The molecule has 0 saturated heterocycles. The fourth-order valence-corrected chi connectivity index (χ4v) is 1.72. The predicted molar refractivity (Wildman–Crippen MR) is 73.0 cm³/mol. The Labute approximate surface area is 113 Å². The van der Waals surface area contributed by atoms with Crippen molar-refractivity contribution >= 4 is 5.69 Å². The van der Waals surface area contributed by atoms with Gasteiger partial charge in [0.05, 0.1) is 13.2 Å². The minimum Gasteiger partial charge on any atom is -0.491 e. The number of nitrogens with two attached hydrogens (primary N) is 1. The summed E-state index contributed by atoms with van der Waals surface area (Å²) >= 11 is 0. The first-order valence-corrected chi connectivity index (χ1v) is 6.26. The van der Waals surface area contributed by atoms with Crippen LogP contribution in [-0.2, 0) is 0 Å². The second-order valence-corrected chi connectivity index (χ2v) is 4.29. The molecule has 0 bridgehead atoms. The van der Waals surface area contributed by atoms with Gasteiger partial charge in [-0.1, -0.05) is 6.07 Å². The van der Waals surface area contributed by atoms with Crippen molar-refractivity contribution in [3.8, 4) is 5.75 Å². The molecule has 0 aliphatic rings. The lowest BCUT2D eigenvalue weighted by atomic mass is 10.3. The fourth-order valence-electron chi connectivity index (χ4n) is 1.72. The van der Waals surface area contributed by atoms with Gasteiger partial charge in [-0.2, -0.15) is 0 Å². The standard InChI is InChI=1S/C13H22N2O4/c14-11-2-1-3-13(8-11)19-10-12(18)9-15(4-6-16)5-7-17/h1-3,8,12,16-18H,4-7,9-10,14H2. The lowest BCUT2D eigenvalue weighted by Gasteiger charge is -2.23. The highest BCUT2D eigenvalue weighted by Gasteiger charge is 2.11. The summed E-state index contributed by atoms with van der Waals surface area (Å²) < 4.78 is 5.42. The second kappa shape index (κ2) is 8.71. The Kier molecular flexibility index (Phi) is 7.20. The van der Waals surface area contributed by atoms with Crippen molar-refractivity contribution in [3.63, 3.8) is 0 Å². The van der Waals surface area contributed by atoms with E-state index in [-0.39, 0.29) is 19.8 Å². The molecule has 1 unspecified atom stereocenters. The third-order valence-corrected chi connectivity index (χ3v) is 2.60. The number of rotatable bonds is 9. The molecule has 6 nitrogen and oxygen atoms in total. The number of ether oxygens (including phenoxy) is 1. The van der Waals surface area contributed by atoms with Crippen LogP contribution in [0.2, 0.25) is 0 Å². The number of nitrogen functional groups attached to an aromatic ring is 1. The van der Waals surface area contributed by atoms with Gasteiger partial charge in [-0.15, -0.1) is 0 Å². The summed E-state index contributed by atoms with van der Waals surface area (Å²) in [5, 5.41) is 27.6. The summed E-state index contributed by atoms with van der Waals surface area (Å²) in [4.78, 5) is 1.77. The number of nitrogens with zero attached hydrogens (tertiary/aromatic N) is 1. The van der Waals surface area contributed by atoms with Crippen LogP contribution < -0.4 is 10.5 Å². The van der Waals surface area contributed by atoms with Gasteiger partial charge in [0.2, 0.25) is 0 Å². The van der Waals surface area contributed by atoms with E-state index in [1.165, 1.54) is 0 Å². The number of hydrogen-bond acceptors (Lipinski definition) is 6. The van der Waals surface area contributed by atoms with Crippen molar-refractivity contribution in [2.24, 2.45) is 0 Å². The third-order valence-electron chi connectivity index (χ3n) is 2.60. The van der Waals surface area contributed by atoms with Crippen molar-refractivity contribution < 1.29 is 20.1 Å². The molecule has 108 valence electrons. The normalized spacial score (nSPS) is 12.6. The zero-order chi connectivity index (χ0) is 14.1. The molecule has 1 atom stereocenters. The minimum atomic E-state index is -0.695. The summed E-state index contributed by atoms with van der Waals surface area (Å²) in [5.74, 6) is 0.606. The Morgan fingerprint density at radius 2 is 1.89 bits per heavy atom. The molecule has 19 heavy (non-hydrogen) atoms. The molecular weight excluding hydrogens is 248 g/mol. The van der Waals surface area contributed by atoms with Crippen LogP contribution in [0.1, 0.15) is 0 Å². The first kappa shape index (κ1) is 15.7. The number of hydrogen-bond donors (Lipinski definition) is 4. The van der Waals surface area contributed by atoms with Crippen molar-refractivity contribution in [2.75, 3.05) is 45.2 Å². The Morgan fingerprint density at radius 1 is 1.21 bits per heavy atom. The van der Waals surface area contributed by atoms with E-state index in [0.717, 1.165) is 0 Å². The van der Waals surface area contributed by atoms with Crippen molar-refractivity contribution in [1.29, 1.82) is 0 Å². The smallest absolute Gasteiger partial charge is 0.121 e. The molecule has 0 saturated carbocycles. The van der Waals surface area contributed by atoms with E-state index in [9.17, 15) is 5.11 Å². The van der Waals surface area contributed by atoms with E-state index in [0.29, 0.717) is 31.1 Å². The molecule has 0 spiro atoms. The molecule has 0 heterocycles. The zero-order valence-corrected chi connectivity index (χ0v) is 10.9. The first-order valence-electron chi connectivity index (χ1n) is 6.26. The van der Waals surface area contributed by atoms with Gasteiger partial charge in [0, 0.05) is 31.4 Å². The van der Waals surface area contributed by atoms with Gasteiger partial charge in [0.25, 0.3) is 0 Å². The quantitative estimate of drug-likeness (QED) is 0.443. The molecule has 0 aliphatic heterocycles. The molecule has 0 amide bonds. The highest BCUT2D eigenvalue weighted by atomic mass is 16.5. The Balaban J connectivity index is 2.35. The molecule has 1 rings (SSSR count). The van der Waals surface area contributed by atoms with Crippen molar-refractivity contribution in [3.05, 3.63) is 24.3 Å². The average Bonchev–Trinajstić information content (AvgIpc) is 2.37. The van der Waals surface area contributed by atoms with Gasteiger partial charge < -0.3 is 25.8 Å². The van der Waals surface area contributed by atoms with E-state index in [2.05, 4.69) is 0 Å². The van der Waals surface area contributed by atoms with Crippen LogP contribution in [0.5, 0.6) is 5.75 Å². The monoisotopic (exact) mass is 270 g/mol. The molecule has 6 heteroatoms. The van der Waals surface area contributed by atoms with Crippen molar-refractivity contribution in [2.45, 2.75) is 6.10 Å². The molecule has 0 aromatic heterocycles. The lowest BCUT2D eigenvalue weighted by molar-refractivity contribution is 0.0552. The topological polar surface area (TPSA) is 99.2 Å². The first-order chi connectivity index (χ1) is 9.15. The van der Waals surface area contributed by atoms with Crippen LogP contribution >= 0.6 is 0 Å². The molecule has 1 aromatic carbocycles. The molecule has 0 radical (unpaired) electrons. The van der Waals surface area contributed by atoms with Crippen LogP contribution in [0, 0.1) is 0 Å². The molecule has 5 N–H and O–H groups in total. The molecular formula is C13H22N2O4. The molecule has 1 aromatic rings. The maximum Gasteiger partial charge on any atom is 0.121 e. The summed E-state index contributed by atoms with van der Waals surface area (Å²) in [7, 11) is 0. The third kappa shape index (κ3) is 6.40. The number of aliphatic hydroxyl groups excluding tert-OH is 3. The number of anilines is 1. The summed E-state index contributed by atoms with van der Waals surface area (Å²) in [6.45, 7) is 1.28. The van der Waals surface area contributed by atoms with E-state index < -0.39 is 6.10 Å². The second-order valence-electron chi connectivity index (χ2n) is 4.29. The van der Waals surface area contributed by atoms with Gasteiger partial charge in [0.15, 0.2) is 0 Å². The SMILES string of the molecule is Nc1cccc(OCC(O)CN(CCO)CCO)c1.